The first kappa shape index (κ1) is 16.0. The van der Waals surface area contributed by atoms with Crippen LogP contribution in [-0.2, 0) is 6.42 Å². The average Bonchev–Trinajstić information content (AvgIpc) is 3.02. The number of methoxy groups -OCH3 is 1. The van der Waals surface area contributed by atoms with E-state index >= 15 is 0 Å². The smallest absolute Gasteiger partial charge is 0.497 e. The zero-order valence-corrected chi connectivity index (χ0v) is 13.0. The number of H-pyrrole nitrogens is 1. The molecule has 0 spiro atoms. The summed E-state index contributed by atoms with van der Waals surface area (Å²) in [5.74, 6) is 0.386. The van der Waals surface area contributed by atoms with Crippen LogP contribution in [0.4, 0.5) is 13.2 Å². The number of hydrogen-bond donors (Lipinski definition) is 1. The Hall–Kier alpha value is -1.89. The summed E-state index contributed by atoms with van der Waals surface area (Å²) >= 11 is 0. The van der Waals surface area contributed by atoms with Crippen LogP contribution in [0.15, 0.2) is 18.2 Å². The molecular weight excluding hydrogens is 309 g/mol. The Morgan fingerprint density at radius 1 is 1.35 bits per heavy atom. The van der Waals surface area contributed by atoms with Crippen LogP contribution >= 0.6 is 0 Å². The minimum Gasteiger partial charge on any atom is -0.497 e. The summed E-state index contributed by atoms with van der Waals surface area (Å²) in [6.45, 7) is 0.964. The van der Waals surface area contributed by atoms with Crippen LogP contribution in [0.2, 0.25) is 0 Å². The van der Waals surface area contributed by atoms with Gasteiger partial charge in [-0.15, -0.1) is 13.2 Å². The summed E-state index contributed by atoms with van der Waals surface area (Å²) in [5.41, 5.74) is 1.16. The van der Waals surface area contributed by atoms with Crippen molar-refractivity contribution in [2.24, 2.45) is 0 Å². The molecule has 1 atom stereocenters. The third-order valence-electron chi connectivity index (χ3n) is 4.40. The summed E-state index contributed by atoms with van der Waals surface area (Å²) in [5, 5.41) is 0.712. The predicted octanol–water partition coefficient (Wildman–Crippen LogP) is 3.71. The van der Waals surface area contributed by atoms with Crippen molar-refractivity contribution in [1.29, 1.82) is 0 Å². The largest absolute Gasteiger partial charge is 0.574 e. The minimum atomic E-state index is -4.72. The molecule has 0 radical (unpaired) electrons. The van der Waals surface area contributed by atoms with E-state index in [0.29, 0.717) is 28.6 Å². The quantitative estimate of drug-likeness (QED) is 0.930. The molecule has 23 heavy (non-hydrogen) atoms. The van der Waals surface area contributed by atoms with Gasteiger partial charge in [0, 0.05) is 22.5 Å². The number of alkyl halides is 3. The first-order chi connectivity index (χ1) is 10.9. The van der Waals surface area contributed by atoms with Crippen LogP contribution < -0.4 is 9.47 Å². The Balaban J connectivity index is 2.03. The molecule has 1 saturated heterocycles. The van der Waals surface area contributed by atoms with Crippen molar-refractivity contribution in [2.45, 2.75) is 31.7 Å². The number of nitrogens with one attached hydrogen (secondary N) is 1. The lowest BCUT2D eigenvalue weighted by molar-refractivity contribution is -0.276. The molecular formula is C16H19F3N2O2. The standard InChI is InChI=1S/C16H19F3N2O2/c1-21-7-3-4-10(21)8-13-12-9-11(22-2)5-6-14(12)20-15(13)23-16(17,18)19/h5-6,9-10,20H,3-4,7-8H2,1-2H3/t10-/m1/s1. The van der Waals surface area contributed by atoms with Gasteiger partial charge in [0.2, 0.25) is 5.88 Å². The number of likely N-dealkylation sites (N-methyl/N-ethyl adjacent to an activating group) is 1. The molecule has 0 unspecified atom stereocenters. The van der Waals surface area contributed by atoms with Crippen molar-refractivity contribution in [2.75, 3.05) is 20.7 Å². The van der Waals surface area contributed by atoms with E-state index in [9.17, 15) is 13.2 Å². The van der Waals surface area contributed by atoms with E-state index in [0.717, 1.165) is 19.4 Å². The van der Waals surface area contributed by atoms with Gasteiger partial charge < -0.3 is 19.4 Å². The lowest BCUT2D eigenvalue weighted by Crippen LogP contribution is -2.27. The maximum atomic E-state index is 12.7. The van der Waals surface area contributed by atoms with Crippen LogP contribution in [0, 0.1) is 0 Å². The Labute approximate surface area is 132 Å². The second kappa shape index (κ2) is 5.96. The molecule has 126 valence electrons. The van der Waals surface area contributed by atoms with Gasteiger partial charge in [-0.3, -0.25) is 0 Å². The highest BCUT2D eigenvalue weighted by Crippen LogP contribution is 2.36. The SMILES string of the molecule is COc1ccc2[nH]c(OC(F)(F)F)c(C[C@H]3CCCN3C)c2c1. The van der Waals surface area contributed by atoms with Gasteiger partial charge in [-0.25, -0.2) is 0 Å². The number of rotatable bonds is 4. The van der Waals surface area contributed by atoms with Gasteiger partial charge in [-0.2, -0.15) is 0 Å². The molecule has 0 bridgehead atoms. The molecule has 1 aromatic carbocycles. The lowest BCUT2D eigenvalue weighted by Gasteiger charge is -2.20. The molecule has 7 heteroatoms. The molecule has 3 rings (SSSR count). The van der Waals surface area contributed by atoms with Gasteiger partial charge in [-0.05, 0) is 51.1 Å². The number of likely N-dealkylation sites (tertiary alicyclic amines) is 1. The van der Waals surface area contributed by atoms with E-state index in [1.807, 2.05) is 7.05 Å². The lowest BCUT2D eigenvalue weighted by atomic mass is 10.0. The van der Waals surface area contributed by atoms with Gasteiger partial charge in [0.25, 0.3) is 0 Å². The van der Waals surface area contributed by atoms with Crippen molar-refractivity contribution >= 4 is 10.9 Å². The van der Waals surface area contributed by atoms with Crippen molar-refractivity contribution in [3.05, 3.63) is 23.8 Å². The molecule has 1 aliphatic rings. The van der Waals surface area contributed by atoms with Crippen LogP contribution in [0.1, 0.15) is 18.4 Å². The number of benzene rings is 1. The fraction of sp³-hybridized carbons (Fsp3) is 0.500. The zero-order valence-electron chi connectivity index (χ0n) is 13.0. The molecule has 1 aromatic heterocycles. The highest BCUT2D eigenvalue weighted by molar-refractivity contribution is 5.87. The Morgan fingerprint density at radius 3 is 2.74 bits per heavy atom. The van der Waals surface area contributed by atoms with E-state index in [1.54, 1.807) is 18.2 Å². The van der Waals surface area contributed by atoms with E-state index in [2.05, 4.69) is 14.6 Å². The number of aromatic amines is 1. The molecule has 4 nitrogen and oxygen atoms in total. The first-order valence-electron chi connectivity index (χ1n) is 7.52. The van der Waals surface area contributed by atoms with E-state index in [4.69, 9.17) is 4.74 Å². The molecule has 1 fully saturated rings. The third kappa shape index (κ3) is 3.39. The maximum Gasteiger partial charge on any atom is 0.574 e. The maximum absolute atomic E-state index is 12.7. The fourth-order valence-electron chi connectivity index (χ4n) is 3.21. The molecule has 1 N–H and O–H groups in total. The Kier molecular flexibility index (Phi) is 4.14. The van der Waals surface area contributed by atoms with Crippen molar-refractivity contribution in [3.8, 4) is 11.6 Å². The Morgan fingerprint density at radius 2 is 2.13 bits per heavy atom. The molecule has 2 heterocycles. The summed E-state index contributed by atoms with van der Waals surface area (Å²) in [6.07, 6.45) is -2.18. The zero-order chi connectivity index (χ0) is 16.6. The Bertz CT molecular complexity index is 696. The number of hydrogen-bond acceptors (Lipinski definition) is 3. The van der Waals surface area contributed by atoms with E-state index in [1.165, 1.54) is 7.11 Å². The molecule has 0 saturated carbocycles. The van der Waals surface area contributed by atoms with Crippen LogP contribution in [-0.4, -0.2) is 43.0 Å². The highest BCUT2D eigenvalue weighted by Gasteiger charge is 2.34. The highest BCUT2D eigenvalue weighted by atomic mass is 19.4. The number of aromatic nitrogens is 1. The van der Waals surface area contributed by atoms with E-state index < -0.39 is 6.36 Å². The van der Waals surface area contributed by atoms with Crippen LogP contribution in [0.5, 0.6) is 11.6 Å². The summed E-state index contributed by atoms with van der Waals surface area (Å²) in [7, 11) is 3.53. The fourth-order valence-corrected chi connectivity index (χ4v) is 3.21. The normalized spacial score (nSPS) is 19.4. The topological polar surface area (TPSA) is 37.5 Å². The van der Waals surface area contributed by atoms with Gasteiger partial charge in [-0.1, -0.05) is 0 Å². The molecule has 2 aromatic rings. The second-order valence-corrected chi connectivity index (χ2v) is 5.87. The van der Waals surface area contributed by atoms with Gasteiger partial charge >= 0.3 is 6.36 Å². The second-order valence-electron chi connectivity index (χ2n) is 5.87. The third-order valence-corrected chi connectivity index (χ3v) is 4.40. The average molecular weight is 328 g/mol. The number of fused-ring (bicyclic) bond motifs is 1. The molecule has 1 aliphatic heterocycles. The van der Waals surface area contributed by atoms with Crippen molar-refractivity contribution < 1.29 is 22.6 Å². The van der Waals surface area contributed by atoms with Crippen molar-refractivity contribution in [3.63, 3.8) is 0 Å². The van der Waals surface area contributed by atoms with Crippen LogP contribution in [0.25, 0.3) is 10.9 Å². The molecule has 0 amide bonds. The predicted molar refractivity (Wildman–Crippen MR) is 80.9 cm³/mol. The first-order valence-corrected chi connectivity index (χ1v) is 7.52. The van der Waals surface area contributed by atoms with Gasteiger partial charge in [0.15, 0.2) is 0 Å². The molecule has 0 aliphatic carbocycles. The minimum absolute atomic E-state index is 0.218. The van der Waals surface area contributed by atoms with Crippen LogP contribution in [0.3, 0.4) is 0 Å². The van der Waals surface area contributed by atoms with E-state index in [-0.39, 0.29) is 11.9 Å². The summed E-state index contributed by atoms with van der Waals surface area (Å²) in [4.78, 5) is 4.92. The number of nitrogens with zero attached hydrogens (tertiary/aromatic N) is 1. The monoisotopic (exact) mass is 328 g/mol. The number of halogens is 3. The number of ether oxygens (including phenoxy) is 2. The van der Waals surface area contributed by atoms with Gasteiger partial charge in [0.1, 0.15) is 5.75 Å². The summed E-state index contributed by atoms with van der Waals surface area (Å²) in [6, 6.07) is 5.39. The summed E-state index contributed by atoms with van der Waals surface area (Å²) < 4.78 is 47.5. The van der Waals surface area contributed by atoms with Crippen molar-refractivity contribution in [1.82, 2.24) is 9.88 Å². The van der Waals surface area contributed by atoms with Gasteiger partial charge in [0.05, 0.1) is 7.11 Å².